The van der Waals surface area contributed by atoms with Gasteiger partial charge in [0.25, 0.3) is 0 Å². The van der Waals surface area contributed by atoms with E-state index in [4.69, 9.17) is 4.98 Å². The van der Waals surface area contributed by atoms with Crippen molar-refractivity contribution in [2.24, 2.45) is 0 Å². The van der Waals surface area contributed by atoms with Crippen LogP contribution in [0.2, 0.25) is 0 Å². The van der Waals surface area contributed by atoms with Crippen LogP contribution in [0.3, 0.4) is 0 Å². The number of rotatable bonds is 4. The Labute approximate surface area is 136 Å². The molecule has 1 fully saturated rings. The fraction of sp³-hybridized carbons (Fsp3) is 0.471. The Morgan fingerprint density at radius 1 is 1.36 bits per heavy atom. The van der Waals surface area contributed by atoms with E-state index in [1.54, 1.807) is 16.2 Å². The number of allylic oxidation sites excluding steroid dienone is 1. The smallest absolute Gasteiger partial charge is 0.186 e. The third-order valence-electron chi connectivity index (χ3n) is 4.54. The molecule has 0 spiro atoms. The molecule has 3 rings (SSSR count). The SMILES string of the molecule is C=CCn1c(C)cc(-c2csc(N3CC[NH+](C)CC3)n2)c1C. The second-order valence-electron chi connectivity index (χ2n) is 6.14. The summed E-state index contributed by atoms with van der Waals surface area (Å²) in [6, 6.07) is 2.24. The highest BCUT2D eigenvalue weighted by Crippen LogP contribution is 2.31. The van der Waals surface area contributed by atoms with Crippen molar-refractivity contribution >= 4 is 16.5 Å². The van der Waals surface area contributed by atoms with Gasteiger partial charge < -0.3 is 14.4 Å². The van der Waals surface area contributed by atoms with E-state index in [0.717, 1.165) is 30.5 Å². The van der Waals surface area contributed by atoms with Crippen LogP contribution in [0.25, 0.3) is 11.3 Å². The number of thiazole rings is 1. The van der Waals surface area contributed by atoms with Crippen molar-refractivity contribution in [2.75, 3.05) is 38.1 Å². The Balaban J connectivity index is 1.85. The Hall–Kier alpha value is -1.59. The number of nitrogens with one attached hydrogen (secondary N) is 1. The molecule has 1 saturated heterocycles. The van der Waals surface area contributed by atoms with Crippen LogP contribution in [0.5, 0.6) is 0 Å². The standard InChI is InChI=1S/C17H24N4S/c1-5-6-21-13(2)11-15(14(21)3)16-12-22-17(18-16)20-9-7-19(4)8-10-20/h5,11-12H,1,6-10H2,2-4H3/p+1. The van der Waals surface area contributed by atoms with Crippen molar-refractivity contribution in [2.45, 2.75) is 20.4 Å². The Morgan fingerprint density at radius 2 is 2.09 bits per heavy atom. The first-order chi connectivity index (χ1) is 10.6. The van der Waals surface area contributed by atoms with E-state index in [1.807, 2.05) is 6.08 Å². The molecular formula is C17H25N4S+. The molecule has 2 aromatic rings. The van der Waals surface area contributed by atoms with Gasteiger partial charge in [-0.15, -0.1) is 17.9 Å². The van der Waals surface area contributed by atoms with Gasteiger partial charge in [0.05, 0.1) is 38.9 Å². The summed E-state index contributed by atoms with van der Waals surface area (Å²) in [5.41, 5.74) is 4.90. The quantitative estimate of drug-likeness (QED) is 0.869. The third kappa shape index (κ3) is 2.83. The van der Waals surface area contributed by atoms with Crippen LogP contribution in [-0.2, 0) is 6.54 Å². The normalized spacial score (nSPS) is 16.2. The van der Waals surface area contributed by atoms with Gasteiger partial charge in [-0.05, 0) is 19.9 Å². The van der Waals surface area contributed by atoms with Gasteiger partial charge >= 0.3 is 0 Å². The van der Waals surface area contributed by atoms with Crippen LogP contribution < -0.4 is 9.80 Å². The van der Waals surface area contributed by atoms with E-state index in [-0.39, 0.29) is 0 Å². The molecule has 1 aliphatic heterocycles. The van der Waals surface area contributed by atoms with Gasteiger partial charge in [-0.1, -0.05) is 6.08 Å². The van der Waals surface area contributed by atoms with Crippen molar-refractivity contribution in [3.63, 3.8) is 0 Å². The lowest BCUT2D eigenvalue weighted by Gasteiger charge is -2.29. The number of aryl methyl sites for hydroxylation is 1. The van der Waals surface area contributed by atoms with Crippen LogP contribution >= 0.6 is 11.3 Å². The number of nitrogens with zero attached hydrogens (tertiary/aromatic N) is 3. The summed E-state index contributed by atoms with van der Waals surface area (Å²) in [5, 5.41) is 3.36. The van der Waals surface area contributed by atoms with Gasteiger partial charge in [-0.2, -0.15) is 0 Å². The van der Waals surface area contributed by atoms with Crippen LogP contribution in [0.4, 0.5) is 5.13 Å². The maximum absolute atomic E-state index is 4.90. The molecule has 0 aromatic carbocycles. The van der Waals surface area contributed by atoms with E-state index in [9.17, 15) is 0 Å². The minimum Gasteiger partial charge on any atom is -0.345 e. The number of likely N-dealkylation sites (N-methyl/N-ethyl adjacent to an activating group) is 1. The maximum atomic E-state index is 4.90. The molecule has 1 aliphatic rings. The zero-order valence-electron chi connectivity index (χ0n) is 13.7. The molecule has 0 aliphatic carbocycles. The van der Waals surface area contributed by atoms with Crippen molar-refractivity contribution in [3.05, 3.63) is 35.5 Å². The number of aromatic nitrogens is 2. The molecule has 1 N–H and O–H groups in total. The lowest BCUT2D eigenvalue weighted by Crippen LogP contribution is -3.12. The summed E-state index contributed by atoms with van der Waals surface area (Å²) in [4.78, 5) is 8.93. The van der Waals surface area contributed by atoms with E-state index in [0.29, 0.717) is 0 Å². The van der Waals surface area contributed by atoms with Crippen LogP contribution in [0.1, 0.15) is 11.4 Å². The topological polar surface area (TPSA) is 25.5 Å². The van der Waals surface area contributed by atoms with Gasteiger partial charge in [0.2, 0.25) is 0 Å². The van der Waals surface area contributed by atoms with Gasteiger partial charge in [-0.3, -0.25) is 0 Å². The van der Waals surface area contributed by atoms with Crippen LogP contribution in [0, 0.1) is 13.8 Å². The summed E-state index contributed by atoms with van der Waals surface area (Å²) >= 11 is 1.77. The molecule has 0 unspecified atom stereocenters. The van der Waals surface area contributed by atoms with E-state index in [2.05, 4.69) is 48.4 Å². The minimum absolute atomic E-state index is 0.857. The molecule has 0 radical (unpaired) electrons. The molecule has 118 valence electrons. The number of piperazine rings is 1. The van der Waals surface area contributed by atoms with Crippen molar-refractivity contribution in [1.82, 2.24) is 9.55 Å². The molecule has 3 heterocycles. The highest BCUT2D eigenvalue weighted by molar-refractivity contribution is 7.14. The molecule has 5 heteroatoms. The molecule has 0 bridgehead atoms. The van der Waals surface area contributed by atoms with Crippen LogP contribution in [0.15, 0.2) is 24.1 Å². The average molecular weight is 317 g/mol. The lowest BCUT2D eigenvalue weighted by atomic mass is 10.2. The van der Waals surface area contributed by atoms with Gasteiger partial charge in [0, 0.05) is 28.9 Å². The summed E-state index contributed by atoms with van der Waals surface area (Å²) in [6.07, 6.45) is 1.95. The Kier molecular flexibility index (Phi) is 4.36. The predicted octanol–water partition coefficient (Wildman–Crippen LogP) is 1.75. The van der Waals surface area contributed by atoms with E-state index in [1.165, 1.54) is 30.0 Å². The molecule has 2 aromatic heterocycles. The zero-order valence-corrected chi connectivity index (χ0v) is 14.5. The van der Waals surface area contributed by atoms with E-state index < -0.39 is 0 Å². The average Bonchev–Trinajstić information content (AvgIpc) is 3.08. The third-order valence-corrected chi connectivity index (χ3v) is 5.44. The summed E-state index contributed by atoms with van der Waals surface area (Å²) < 4.78 is 2.29. The molecule has 22 heavy (non-hydrogen) atoms. The maximum Gasteiger partial charge on any atom is 0.186 e. The monoisotopic (exact) mass is 317 g/mol. The van der Waals surface area contributed by atoms with Gasteiger partial charge in [0.1, 0.15) is 0 Å². The molecule has 0 amide bonds. The first-order valence-corrected chi connectivity index (χ1v) is 8.78. The molecule has 4 nitrogen and oxygen atoms in total. The Bertz CT molecular complexity index is 662. The molecular weight excluding hydrogens is 292 g/mol. The fourth-order valence-corrected chi connectivity index (χ4v) is 3.96. The van der Waals surface area contributed by atoms with Crippen molar-refractivity contribution < 1.29 is 4.90 Å². The Morgan fingerprint density at radius 3 is 2.77 bits per heavy atom. The van der Waals surface area contributed by atoms with E-state index >= 15 is 0 Å². The number of hydrogen-bond acceptors (Lipinski definition) is 3. The number of hydrogen-bond donors (Lipinski definition) is 1. The number of anilines is 1. The number of quaternary nitrogens is 1. The fourth-order valence-electron chi connectivity index (χ4n) is 3.08. The van der Waals surface area contributed by atoms with Crippen molar-refractivity contribution in [1.29, 1.82) is 0 Å². The summed E-state index contributed by atoms with van der Waals surface area (Å²) in [6.45, 7) is 13.6. The first-order valence-electron chi connectivity index (χ1n) is 7.90. The van der Waals surface area contributed by atoms with Gasteiger partial charge in [0.15, 0.2) is 5.13 Å². The second-order valence-corrected chi connectivity index (χ2v) is 6.98. The van der Waals surface area contributed by atoms with Crippen LogP contribution in [-0.4, -0.2) is 42.8 Å². The highest BCUT2D eigenvalue weighted by Gasteiger charge is 2.20. The van der Waals surface area contributed by atoms with Crippen molar-refractivity contribution in [3.8, 4) is 11.3 Å². The largest absolute Gasteiger partial charge is 0.345 e. The zero-order chi connectivity index (χ0) is 15.7. The molecule has 0 atom stereocenters. The minimum atomic E-state index is 0.857. The molecule has 0 saturated carbocycles. The predicted molar refractivity (Wildman–Crippen MR) is 94.0 cm³/mol. The van der Waals surface area contributed by atoms with Gasteiger partial charge in [-0.25, -0.2) is 4.98 Å². The highest BCUT2D eigenvalue weighted by atomic mass is 32.1. The lowest BCUT2D eigenvalue weighted by molar-refractivity contribution is -0.880. The summed E-state index contributed by atoms with van der Waals surface area (Å²) in [7, 11) is 2.26. The summed E-state index contributed by atoms with van der Waals surface area (Å²) in [5.74, 6) is 0. The second kappa shape index (κ2) is 6.26. The first kappa shape index (κ1) is 15.3.